The number of aryl methyl sites for hydroxylation is 1. The summed E-state index contributed by atoms with van der Waals surface area (Å²) in [7, 11) is 0. The Morgan fingerprint density at radius 3 is 2.43 bits per heavy atom. The van der Waals surface area contributed by atoms with Crippen molar-refractivity contribution in [3.8, 4) is 6.07 Å². The van der Waals surface area contributed by atoms with E-state index in [0.717, 1.165) is 17.7 Å². The summed E-state index contributed by atoms with van der Waals surface area (Å²) in [5.74, 6) is -0.462. The van der Waals surface area contributed by atoms with E-state index < -0.39 is 23.1 Å². The molecule has 0 spiro atoms. The summed E-state index contributed by atoms with van der Waals surface area (Å²) in [6.45, 7) is 1.73. The minimum Gasteiger partial charge on any atom is -0.355 e. The summed E-state index contributed by atoms with van der Waals surface area (Å²) in [6.07, 6.45) is -4.58. The van der Waals surface area contributed by atoms with Gasteiger partial charge in [0.2, 0.25) is 0 Å². The standard InChI is InChI=1S/C15H10F4N2/c1-9-2-3-11(16)7-14(9)21-12-4-5-13(15(17,18)19)10(6-12)8-20/h2-7,21H,1H3. The Labute approximate surface area is 118 Å². The smallest absolute Gasteiger partial charge is 0.355 e. The summed E-state index contributed by atoms with van der Waals surface area (Å²) >= 11 is 0. The van der Waals surface area contributed by atoms with E-state index in [9.17, 15) is 17.6 Å². The van der Waals surface area contributed by atoms with Gasteiger partial charge in [0.1, 0.15) is 5.82 Å². The molecular formula is C15H10F4N2. The van der Waals surface area contributed by atoms with Crippen molar-refractivity contribution in [1.82, 2.24) is 0 Å². The third-order valence-corrected chi connectivity index (χ3v) is 2.92. The summed E-state index contributed by atoms with van der Waals surface area (Å²) in [5.41, 5.74) is -0.0326. The molecule has 2 nitrogen and oxygen atoms in total. The van der Waals surface area contributed by atoms with Crippen LogP contribution in [0.15, 0.2) is 36.4 Å². The number of halogens is 4. The number of hydrogen-bond acceptors (Lipinski definition) is 2. The van der Waals surface area contributed by atoms with Crippen LogP contribution in [0.1, 0.15) is 16.7 Å². The van der Waals surface area contributed by atoms with E-state index in [1.807, 2.05) is 0 Å². The molecule has 0 aliphatic rings. The number of hydrogen-bond donors (Lipinski definition) is 1. The van der Waals surface area contributed by atoms with Gasteiger partial charge in [-0.2, -0.15) is 18.4 Å². The van der Waals surface area contributed by atoms with Gasteiger partial charge in [-0.1, -0.05) is 6.07 Å². The number of alkyl halides is 3. The third-order valence-electron chi connectivity index (χ3n) is 2.92. The average molecular weight is 294 g/mol. The fourth-order valence-corrected chi connectivity index (χ4v) is 1.85. The van der Waals surface area contributed by atoms with Crippen molar-refractivity contribution in [2.45, 2.75) is 13.1 Å². The van der Waals surface area contributed by atoms with Crippen molar-refractivity contribution in [3.05, 3.63) is 58.9 Å². The van der Waals surface area contributed by atoms with Crippen molar-refractivity contribution in [3.63, 3.8) is 0 Å². The van der Waals surface area contributed by atoms with E-state index in [0.29, 0.717) is 5.69 Å². The van der Waals surface area contributed by atoms with Crippen LogP contribution in [-0.2, 0) is 6.18 Å². The molecule has 0 amide bonds. The second-order valence-corrected chi connectivity index (χ2v) is 4.45. The molecule has 0 aliphatic heterocycles. The Bertz CT molecular complexity index is 715. The Balaban J connectivity index is 2.39. The van der Waals surface area contributed by atoms with Gasteiger partial charge in [-0.25, -0.2) is 4.39 Å². The Morgan fingerprint density at radius 1 is 1.10 bits per heavy atom. The molecule has 0 aromatic heterocycles. The average Bonchev–Trinajstić information content (AvgIpc) is 2.41. The summed E-state index contributed by atoms with van der Waals surface area (Å²) in [4.78, 5) is 0. The van der Waals surface area contributed by atoms with Crippen LogP contribution in [0, 0.1) is 24.1 Å². The molecule has 0 saturated carbocycles. The van der Waals surface area contributed by atoms with Crippen LogP contribution < -0.4 is 5.32 Å². The van der Waals surface area contributed by atoms with E-state index in [1.165, 1.54) is 24.3 Å². The molecule has 21 heavy (non-hydrogen) atoms. The number of nitrogens with one attached hydrogen (secondary N) is 1. The number of nitriles is 1. The first kappa shape index (κ1) is 14.9. The highest BCUT2D eigenvalue weighted by molar-refractivity contribution is 5.65. The van der Waals surface area contributed by atoms with E-state index >= 15 is 0 Å². The Hall–Kier alpha value is -2.55. The van der Waals surface area contributed by atoms with Gasteiger partial charge < -0.3 is 5.32 Å². The van der Waals surface area contributed by atoms with E-state index in [4.69, 9.17) is 5.26 Å². The second kappa shape index (κ2) is 5.44. The highest BCUT2D eigenvalue weighted by atomic mass is 19.4. The number of benzene rings is 2. The first-order chi connectivity index (χ1) is 9.81. The van der Waals surface area contributed by atoms with E-state index in [1.54, 1.807) is 13.0 Å². The molecule has 2 aromatic rings. The van der Waals surface area contributed by atoms with Gasteiger partial charge in [-0.3, -0.25) is 0 Å². The van der Waals surface area contributed by atoms with E-state index in [-0.39, 0.29) is 5.69 Å². The lowest BCUT2D eigenvalue weighted by Gasteiger charge is -2.13. The zero-order valence-corrected chi connectivity index (χ0v) is 10.9. The topological polar surface area (TPSA) is 35.8 Å². The summed E-state index contributed by atoms with van der Waals surface area (Å²) in [5, 5.41) is 11.6. The van der Waals surface area contributed by atoms with Gasteiger partial charge in [-0.15, -0.1) is 0 Å². The molecule has 0 radical (unpaired) electrons. The first-order valence-electron chi connectivity index (χ1n) is 5.96. The van der Waals surface area contributed by atoms with Crippen LogP contribution in [0.3, 0.4) is 0 Å². The van der Waals surface area contributed by atoms with Crippen molar-refractivity contribution >= 4 is 11.4 Å². The predicted molar refractivity (Wildman–Crippen MR) is 70.6 cm³/mol. The summed E-state index contributed by atoms with van der Waals surface area (Å²) in [6, 6.07) is 8.71. The molecule has 0 heterocycles. The molecular weight excluding hydrogens is 284 g/mol. The number of rotatable bonds is 2. The minimum atomic E-state index is -4.58. The molecule has 0 aliphatic carbocycles. The molecule has 108 valence electrons. The maximum absolute atomic E-state index is 13.2. The second-order valence-electron chi connectivity index (χ2n) is 4.45. The lowest BCUT2D eigenvalue weighted by atomic mass is 10.1. The van der Waals surface area contributed by atoms with Gasteiger partial charge in [0.15, 0.2) is 0 Å². The zero-order chi connectivity index (χ0) is 15.6. The quantitative estimate of drug-likeness (QED) is 0.810. The predicted octanol–water partition coefficient (Wildman–Crippen LogP) is 4.77. The van der Waals surface area contributed by atoms with Gasteiger partial charge in [0.05, 0.1) is 17.2 Å². The molecule has 2 aromatic carbocycles. The van der Waals surface area contributed by atoms with Crippen LogP contribution in [0.25, 0.3) is 0 Å². The van der Waals surface area contributed by atoms with Gasteiger partial charge in [-0.05, 0) is 42.8 Å². The maximum atomic E-state index is 13.2. The molecule has 6 heteroatoms. The fraction of sp³-hybridized carbons (Fsp3) is 0.133. The molecule has 0 atom stereocenters. The maximum Gasteiger partial charge on any atom is 0.417 e. The van der Waals surface area contributed by atoms with E-state index in [2.05, 4.69) is 5.32 Å². The third kappa shape index (κ3) is 3.31. The zero-order valence-electron chi connectivity index (χ0n) is 10.9. The van der Waals surface area contributed by atoms with Gasteiger partial charge in [0, 0.05) is 11.4 Å². The SMILES string of the molecule is Cc1ccc(F)cc1Nc1ccc(C(F)(F)F)c(C#N)c1. The highest BCUT2D eigenvalue weighted by Gasteiger charge is 2.33. The molecule has 0 saturated heterocycles. The van der Waals surface area contributed by atoms with Crippen LogP contribution in [0.4, 0.5) is 28.9 Å². The molecule has 0 unspecified atom stereocenters. The van der Waals surface area contributed by atoms with Crippen molar-refractivity contribution in [1.29, 1.82) is 5.26 Å². The molecule has 1 N–H and O–H groups in total. The minimum absolute atomic E-state index is 0.285. The van der Waals surface area contributed by atoms with Crippen LogP contribution >= 0.6 is 0 Å². The number of anilines is 2. The normalized spacial score (nSPS) is 11.0. The van der Waals surface area contributed by atoms with Crippen LogP contribution in [0.5, 0.6) is 0 Å². The highest BCUT2D eigenvalue weighted by Crippen LogP contribution is 2.33. The molecule has 0 fully saturated rings. The van der Waals surface area contributed by atoms with Crippen molar-refractivity contribution < 1.29 is 17.6 Å². The van der Waals surface area contributed by atoms with Crippen molar-refractivity contribution in [2.24, 2.45) is 0 Å². The lowest BCUT2D eigenvalue weighted by Crippen LogP contribution is -2.08. The largest absolute Gasteiger partial charge is 0.417 e. The van der Waals surface area contributed by atoms with Crippen molar-refractivity contribution in [2.75, 3.05) is 5.32 Å². The van der Waals surface area contributed by atoms with Gasteiger partial charge in [0.25, 0.3) is 0 Å². The number of nitrogens with zero attached hydrogens (tertiary/aromatic N) is 1. The monoisotopic (exact) mass is 294 g/mol. The first-order valence-corrected chi connectivity index (χ1v) is 5.96. The summed E-state index contributed by atoms with van der Waals surface area (Å²) < 4.78 is 51.2. The Kier molecular flexibility index (Phi) is 3.85. The Morgan fingerprint density at radius 2 is 1.81 bits per heavy atom. The molecule has 2 rings (SSSR count). The molecule has 0 bridgehead atoms. The fourth-order valence-electron chi connectivity index (χ4n) is 1.85. The van der Waals surface area contributed by atoms with Crippen LogP contribution in [0.2, 0.25) is 0 Å². The van der Waals surface area contributed by atoms with Crippen LogP contribution in [-0.4, -0.2) is 0 Å². The van der Waals surface area contributed by atoms with Gasteiger partial charge >= 0.3 is 6.18 Å². The lowest BCUT2D eigenvalue weighted by molar-refractivity contribution is -0.137.